The van der Waals surface area contributed by atoms with Crippen LogP contribution in [0.5, 0.6) is 0 Å². The van der Waals surface area contributed by atoms with Crippen molar-refractivity contribution in [1.29, 1.82) is 0 Å². The average Bonchev–Trinajstić information content (AvgIpc) is 2.47. The minimum atomic E-state index is -0.624. The zero-order chi connectivity index (χ0) is 10.0. The van der Waals surface area contributed by atoms with E-state index < -0.39 is 5.60 Å². The number of Topliss-reactive ketones (excluding diaryl/α,β-unsaturated/α-hetero) is 1. The van der Waals surface area contributed by atoms with Crippen molar-refractivity contribution in [2.24, 2.45) is 5.92 Å². The van der Waals surface area contributed by atoms with Gasteiger partial charge in [-0.1, -0.05) is 25.7 Å². The summed E-state index contributed by atoms with van der Waals surface area (Å²) in [5, 5.41) is 10.4. The van der Waals surface area contributed by atoms with Crippen molar-refractivity contribution < 1.29 is 9.90 Å². The third-order valence-electron chi connectivity index (χ3n) is 3.92. The topological polar surface area (TPSA) is 37.3 Å². The van der Waals surface area contributed by atoms with Crippen LogP contribution in [0.2, 0.25) is 0 Å². The fourth-order valence-electron chi connectivity index (χ4n) is 3.06. The van der Waals surface area contributed by atoms with Crippen molar-refractivity contribution in [3.05, 3.63) is 0 Å². The molecule has 2 saturated carbocycles. The van der Waals surface area contributed by atoms with Crippen LogP contribution >= 0.6 is 0 Å². The molecule has 2 fully saturated rings. The van der Waals surface area contributed by atoms with Gasteiger partial charge >= 0.3 is 0 Å². The minimum Gasteiger partial charge on any atom is -0.389 e. The quantitative estimate of drug-likeness (QED) is 0.654. The van der Waals surface area contributed by atoms with Crippen molar-refractivity contribution in [3.8, 4) is 0 Å². The third-order valence-corrected chi connectivity index (χ3v) is 3.92. The fourth-order valence-corrected chi connectivity index (χ4v) is 3.06. The second-order valence-electron chi connectivity index (χ2n) is 4.93. The summed E-state index contributed by atoms with van der Waals surface area (Å²) in [5.74, 6) is 0.291. The Morgan fingerprint density at radius 2 is 1.79 bits per heavy atom. The van der Waals surface area contributed by atoms with Crippen LogP contribution in [0.1, 0.15) is 57.8 Å². The highest BCUT2D eigenvalue weighted by atomic mass is 16.3. The summed E-state index contributed by atoms with van der Waals surface area (Å²) in [7, 11) is 0. The van der Waals surface area contributed by atoms with E-state index in [1.165, 1.54) is 6.42 Å². The van der Waals surface area contributed by atoms with Gasteiger partial charge in [0, 0.05) is 12.3 Å². The zero-order valence-electron chi connectivity index (χ0n) is 8.80. The van der Waals surface area contributed by atoms with Crippen LogP contribution in [0.4, 0.5) is 0 Å². The summed E-state index contributed by atoms with van der Waals surface area (Å²) in [6.07, 6.45) is 8.85. The van der Waals surface area contributed by atoms with Crippen molar-refractivity contribution in [2.75, 3.05) is 0 Å². The van der Waals surface area contributed by atoms with Crippen molar-refractivity contribution in [3.63, 3.8) is 0 Å². The lowest BCUT2D eigenvalue weighted by molar-refractivity contribution is -0.132. The Bertz CT molecular complexity index is 216. The molecule has 80 valence electrons. The molecule has 0 heterocycles. The van der Waals surface area contributed by atoms with Crippen molar-refractivity contribution in [2.45, 2.75) is 63.4 Å². The first kappa shape index (κ1) is 10.2. The minimum absolute atomic E-state index is 0.0347. The molecule has 1 atom stereocenters. The van der Waals surface area contributed by atoms with E-state index in [0.29, 0.717) is 12.2 Å². The van der Waals surface area contributed by atoms with Crippen LogP contribution in [0.15, 0.2) is 0 Å². The molecule has 0 aromatic heterocycles. The van der Waals surface area contributed by atoms with Gasteiger partial charge in [-0.3, -0.25) is 4.79 Å². The Kier molecular flexibility index (Phi) is 2.91. The fraction of sp³-hybridized carbons (Fsp3) is 0.917. The lowest BCUT2D eigenvalue weighted by atomic mass is 9.80. The maximum atomic E-state index is 11.8. The number of hydrogen-bond donors (Lipinski definition) is 1. The third kappa shape index (κ3) is 1.85. The Labute approximate surface area is 85.7 Å². The van der Waals surface area contributed by atoms with E-state index in [0.717, 1.165) is 44.9 Å². The number of hydrogen-bond acceptors (Lipinski definition) is 2. The molecule has 0 spiro atoms. The molecule has 0 aromatic rings. The highest BCUT2D eigenvalue weighted by Gasteiger charge is 2.42. The smallest absolute Gasteiger partial charge is 0.138 e. The van der Waals surface area contributed by atoms with Gasteiger partial charge in [0.25, 0.3) is 0 Å². The van der Waals surface area contributed by atoms with E-state index >= 15 is 0 Å². The maximum absolute atomic E-state index is 11.8. The number of carbonyl (C=O) groups excluding carboxylic acids is 1. The van der Waals surface area contributed by atoms with Gasteiger partial charge in [0.15, 0.2) is 0 Å². The summed E-state index contributed by atoms with van der Waals surface area (Å²) < 4.78 is 0. The first-order valence-electron chi connectivity index (χ1n) is 5.97. The SMILES string of the molecule is O=C1CCCCCC1C1(O)CCCC1. The molecule has 1 N–H and O–H groups in total. The Balaban J connectivity index is 2.09. The molecule has 0 amide bonds. The van der Waals surface area contributed by atoms with Crippen molar-refractivity contribution >= 4 is 5.78 Å². The van der Waals surface area contributed by atoms with E-state index in [-0.39, 0.29) is 5.92 Å². The summed E-state index contributed by atoms with van der Waals surface area (Å²) in [6.45, 7) is 0. The van der Waals surface area contributed by atoms with E-state index in [4.69, 9.17) is 0 Å². The average molecular weight is 196 g/mol. The summed E-state index contributed by atoms with van der Waals surface area (Å²) in [4.78, 5) is 11.8. The van der Waals surface area contributed by atoms with Crippen LogP contribution in [0, 0.1) is 5.92 Å². The first-order valence-corrected chi connectivity index (χ1v) is 5.97. The summed E-state index contributed by atoms with van der Waals surface area (Å²) >= 11 is 0. The molecule has 0 aromatic carbocycles. The summed E-state index contributed by atoms with van der Waals surface area (Å²) in [6, 6.07) is 0. The predicted molar refractivity (Wildman–Crippen MR) is 55.0 cm³/mol. The zero-order valence-corrected chi connectivity index (χ0v) is 8.80. The van der Waals surface area contributed by atoms with Crippen LogP contribution in [0.3, 0.4) is 0 Å². The Hall–Kier alpha value is -0.370. The number of aliphatic hydroxyl groups is 1. The standard InChI is InChI=1S/C12H20O2/c13-11-7-3-1-2-6-10(11)12(14)8-4-5-9-12/h10,14H,1-9H2. The first-order chi connectivity index (χ1) is 6.72. The monoisotopic (exact) mass is 196 g/mol. The second kappa shape index (κ2) is 4.01. The van der Waals surface area contributed by atoms with Gasteiger partial charge in [-0.25, -0.2) is 0 Å². The van der Waals surface area contributed by atoms with Gasteiger partial charge in [0.05, 0.1) is 5.60 Å². The van der Waals surface area contributed by atoms with Crippen LogP contribution in [-0.4, -0.2) is 16.5 Å². The number of carbonyl (C=O) groups is 1. The van der Waals surface area contributed by atoms with Crippen LogP contribution in [-0.2, 0) is 4.79 Å². The largest absolute Gasteiger partial charge is 0.389 e. The highest BCUT2D eigenvalue weighted by Crippen LogP contribution is 2.40. The molecule has 2 heteroatoms. The molecule has 0 saturated heterocycles. The maximum Gasteiger partial charge on any atom is 0.138 e. The van der Waals surface area contributed by atoms with Gasteiger partial charge in [-0.2, -0.15) is 0 Å². The molecular formula is C12H20O2. The molecule has 0 aliphatic heterocycles. The van der Waals surface area contributed by atoms with Gasteiger partial charge in [-0.05, 0) is 25.7 Å². The molecule has 0 bridgehead atoms. The van der Waals surface area contributed by atoms with E-state index in [1.54, 1.807) is 0 Å². The molecule has 2 aliphatic rings. The van der Waals surface area contributed by atoms with E-state index in [9.17, 15) is 9.90 Å². The number of rotatable bonds is 1. The van der Waals surface area contributed by atoms with Gasteiger partial charge in [-0.15, -0.1) is 0 Å². The number of ketones is 1. The Morgan fingerprint density at radius 3 is 2.50 bits per heavy atom. The second-order valence-corrected chi connectivity index (χ2v) is 4.93. The molecular weight excluding hydrogens is 176 g/mol. The molecule has 2 nitrogen and oxygen atoms in total. The summed E-state index contributed by atoms with van der Waals surface area (Å²) in [5.41, 5.74) is -0.624. The normalized spacial score (nSPS) is 32.9. The Morgan fingerprint density at radius 1 is 1.07 bits per heavy atom. The molecule has 2 aliphatic carbocycles. The van der Waals surface area contributed by atoms with Crippen LogP contribution < -0.4 is 0 Å². The lowest BCUT2D eigenvalue weighted by Crippen LogP contribution is -2.39. The van der Waals surface area contributed by atoms with Crippen LogP contribution in [0.25, 0.3) is 0 Å². The van der Waals surface area contributed by atoms with Crippen molar-refractivity contribution in [1.82, 2.24) is 0 Å². The molecule has 2 rings (SSSR count). The molecule has 1 unspecified atom stereocenters. The van der Waals surface area contributed by atoms with E-state index in [2.05, 4.69) is 0 Å². The van der Waals surface area contributed by atoms with Gasteiger partial charge in [0.2, 0.25) is 0 Å². The van der Waals surface area contributed by atoms with Gasteiger partial charge in [0.1, 0.15) is 5.78 Å². The van der Waals surface area contributed by atoms with E-state index in [1.807, 2.05) is 0 Å². The molecule has 0 radical (unpaired) electrons. The predicted octanol–water partition coefficient (Wildman–Crippen LogP) is 2.44. The van der Waals surface area contributed by atoms with Gasteiger partial charge < -0.3 is 5.11 Å². The molecule has 14 heavy (non-hydrogen) atoms. The lowest BCUT2D eigenvalue weighted by Gasteiger charge is -2.30. The highest BCUT2D eigenvalue weighted by molar-refractivity contribution is 5.82.